The number of aryl methyl sites for hydroxylation is 1. The summed E-state index contributed by atoms with van der Waals surface area (Å²) >= 11 is 11.7. The Morgan fingerprint density at radius 2 is 1.48 bits per heavy atom. The maximum atomic E-state index is 12.2. The first-order valence-corrected chi connectivity index (χ1v) is 8.49. The van der Waals surface area contributed by atoms with Crippen molar-refractivity contribution in [3.05, 3.63) is 63.1 Å². The molecule has 0 saturated carbocycles. The monoisotopic (exact) mass is 354 g/mol. The van der Waals surface area contributed by atoms with E-state index in [1.54, 1.807) is 18.2 Å². The molecule has 0 bridgehead atoms. The Labute approximate surface area is 149 Å². The number of hydrogen-bond acceptors (Lipinski definition) is 2. The standard InChI is InChI=1S/C15H12Cl2O2.2C2H6/c1-9-2-3-11(16)6-10(9)7-14(18)13-5-4-12(17)8-15(13)19;2*1-2/h2-6,8,19H,7H2,1H3;2*1-2H3. The minimum Gasteiger partial charge on any atom is -0.507 e. The Balaban J connectivity index is 0.00000112. The highest BCUT2D eigenvalue weighted by Gasteiger charge is 2.13. The molecule has 0 saturated heterocycles. The molecule has 0 amide bonds. The van der Waals surface area contributed by atoms with Gasteiger partial charge in [-0.05, 0) is 48.4 Å². The summed E-state index contributed by atoms with van der Waals surface area (Å²) in [4.78, 5) is 12.2. The van der Waals surface area contributed by atoms with Gasteiger partial charge in [0, 0.05) is 16.5 Å². The number of ketones is 1. The third-order valence-corrected chi connectivity index (χ3v) is 3.39. The van der Waals surface area contributed by atoms with Crippen LogP contribution in [0.1, 0.15) is 49.2 Å². The molecule has 0 atom stereocenters. The van der Waals surface area contributed by atoms with Crippen molar-refractivity contribution < 1.29 is 9.90 Å². The highest BCUT2D eigenvalue weighted by Crippen LogP contribution is 2.24. The van der Waals surface area contributed by atoms with Crippen LogP contribution in [-0.4, -0.2) is 10.9 Å². The van der Waals surface area contributed by atoms with Crippen LogP contribution in [-0.2, 0) is 6.42 Å². The Morgan fingerprint density at radius 3 is 2.04 bits per heavy atom. The molecule has 2 aromatic rings. The number of phenols is 1. The van der Waals surface area contributed by atoms with E-state index in [4.69, 9.17) is 23.2 Å². The molecule has 0 aliphatic rings. The van der Waals surface area contributed by atoms with Gasteiger partial charge in [0.25, 0.3) is 0 Å². The first-order chi connectivity index (χ1) is 11.0. The van der Waals surface area contributed by atoms with Crippen molar-refractivity contribution in [1.29, 1.82) is 0 Å². The second-order valence-corrected chi connectivity index (χ2v) is 5.21. The van der Waals surface area contributed by atoms with Gasteiger partial charge in [-0.15, -0.1) is 0 Å². The Kier molecular flexibility index (Phi) is 10.4. The van der Waals surface area contributed by atoms with Crippen LogP contribution in [0.25, 0.3) is 0 Å². The van der Waals surface area contributed by atoms with E-state index in [2.05, 4.69) is 0 Å². The zero-order chi connectivity index (χ0) is 18.0. The molecule has 0 radical (unpaired) electrons. The fourth-order valence-corrected chi connectivity index (χ4v) is 2.20. The SMILES string of the molecule is CC.CC.Cc1ccc(Cl)cc1CC(=O)c1ccc(Cl)cc1O. The van der Waals surface area contributed by atoms with Gasteiger partial charge in [-0.3, -0.25) is 4.79 Å². The van der Waals surface area contributed by atoms with Crippen molar-refractivity contribution in [3.8, 4) is 5.75 Å². The van der Waals surface area contributed by atoms with Crippen molar-refractivity contribution >= 4 is 29.0 Å². The van der Waals surface area contributed by atoms with E-state index in [1.807, 2.05) is 40.7 Å². The molecule has 0 aliphatic heterocycles. The molecular weight excluding hydrogens is 331 g/mol. The van der Waals surface area contributed by atoms with E-state index in [0.29, 0.717) is 10.0 Å². The zero-order valence-corrected chi connectivity index (χ0v) is 15.8. The predicted molar refractivity (Wildman–Crippen MR) is 100 cm³/mol. The lowest BCUT2D eigenvalue weighted by molar-refractivity contribution is 0.0990. The van der Waals surface area contributed by atoms with Gasteiger partial charge < -0.3 is 5.11 Å². The molecule has 23 heavy (non-hydrogen) atoms. The van der Waals surface area contributed by atoms with E-state index < -0.39 is 0 Å². The van der Waals surface area contributed by atoms with Crippen LogP contribution in [0, 0.1) is 6.92 Å². The predicted octanol–water partition coefficient (Wildman–Crippen LogP) is 6.49. The van der Waals surface area contributed by atoms with Crippen LogP contribution in [0.15, 0.2) is 36.4 Å². The first-order valence-electron chi connectivity index (χ1n) is 7.74. The summed E-state index contributed by atoms with van der Waals surface area (Å²) in [6.45, 7) is 9.92. The normalized spacial score (nSPS) is 9.17. The van der Waals surface area contributed by atoms with Crippen LogP contribution in [0.4, 0.5) is 0 Å². The lowest BCUT2D eigenvalue weighted by Crippen LogP contribution is -2.05. The smallest absolute Gasteiger partial charge is 0.170 e. The van der Waals surface area contributed by atoms with Gasteiger partial charge in [0.05, 0.1) is 5.56 Å². The summed E-state index contributed by atoms with van der Waals surface area (Å²) in [5.74, 6) is -0.267. The molecule has 0 spiro atoms. The lowest BCUT2D eigenvalue weighted by atomic mass is 9.99. The molecule has 2 aromatic carbocycles. The average Bonchev–Trinajstić information content (AvgIpc) is 2.54. The maximum absolute atomic E-state index is 12.2. The largest absolute Gasteiger partial charge is 0.507 e. The second kappa shape index (κ2) is 11.1. The number of carbonyl (C=O) groups is 1. The molecule has 0 aliphatic carbocycles. The van der Waals surface area contributed by atoms with Crippen molar-refractivity contribution in [2.75, 3.05) is 0 Å². The van der Waals surface area contributed by atoms with Crippen LogP contribution in [0.3, 0.4) is 0 Å². The van der Waals surface area contributed by atoms with Crippen LogP contribution >= 0.6 is 23.2 Å². The summed E-state index contributed by atoms with van der Waals surface area (Å²) in [6, 6.07) is 9.89. The summed E-state index contributed by atoms with van der Waals surface area (Å²) in [7, 11) is 0. The van der Waals surface area contributed by atoms with Gasteiger partial charge >= 0.3 is 0 Å². The molecule has 0 aromatic heterocycles. The highest BCUT2D eigenvalue weighted by atomic mass is 35.5. The van der Waals surface area contributed by atoms with E-state index in [9.17, 15) is 9.90 Å². The quantitative estimate of drug-likeness (QED) is 0.639. The lowest BCUT2D eigenvalue weighted by Gasteiger charge is -2.07. The topological polar surface area (TPSA) is 37.3 Å². The van der Waals surface area contributed by atoms with Crippen molar-refractivity contribution in [2.45, 2.75) is 41.0 Å². The molecule has 126 valence electrons. The van der Waals surface area contributed by atoms with Gasteiger partial charge in [0.15, 0.2) is 5.78 Å². The Bertz CT molecular complexity index is 637. The van der Waals surface area contributed by atoms with Crippen LogP contribution < -0.4 is 0 Å². The summed E-state index contributed by atoms with van der Waals surface area (Å²) < 4.78 is 0. The molecule has 0 unspecified atom stereocenters. The van der Waals surface area contributed by atoms with Gasteiger partial charge in [-0.2, -0.15) is 0 Å². The number of benzene rings is 2. The number of hydrogen-bond donors (Lipinski definition) is 1. The third-order valence-electron chi connectivity index (χ3n) is 2.92. The maximum Gasteiger partial charge on any atom is 0.170 e. The van der Waals surface area contributed by atoms with Crippen LogP contribution in [0.5, 0.6) is 5.75 Å². The number of Topliss-reactive ketones (excluding diaryl/α,β-unsaturated/α-hetero) is 1. The Morgan fingerprint density at radius 1 is 0.957 bits per heavy atom. The van der Waals surface area contributed by atoms with E-state index in [0.717, 1.165) is 11.1 Å². The molecule has 0 heterocycles. The van der Waals surface area contributed by atoms with Gasteiger partial charge in [0.2, 0.25) is 0 Å². The molecule has 2 nitrogen and oxygen atoms in total. The molecule has 0 fully saturated rings. The number of phenolic OH excluding ortho intramolecular Hbond substituents is 1. The number of halogens is 2. The highest BCUT2D eigenvalue weighted by molar-refractivity contribution is 6.31. The zero-order valence-electron chi connectivity index (χ0n) is 14.3. The van der Waals surface area contributed by atoms with Crippen molar-refractivity contribution in [1.82, 2.24) is 0 Å². The van der Waals surface area contributed by atoms with E-state index >= 15 is 0 Å². The summed E-state index contributed by atoms with van der Waals surface area (Å²) in [6.07, 6.45) is 0.196. The van der Waals surface area contributed by atoms with E-state index in [-0.39, 0.29) is 23.5 Å². The van der Waals surface area contributed by atoms with Gasteiger partial charge in [0.1, 0.15) is 5.75 Å². The van der Waals surface area contributed by atoms with Crippen molar-refractivity contribution in [3.63, 3.8) is 0 Å². The molecule has 2 rings (SSSR count). The van der Waals surface area contributed by atoms with Crippen molar-refractivity contribution in [2.24, 2.45) is 0 Å². The number of aromatic hydroxyl groups is 1. The molecule has 1 N–H and O–H groups in total. The molecule has 4 heteroatoms. The second-order valence-electron chi connectivity index (χ2n) is 4.33. The minimum absolute atomic E-state index is 0.0998. The number of rotatable bonds is 3. The number of carbonyl (C=O) groups excluding carboxylic acids is 1. The average molecular weight is 355 g/mol. The minimum atomic E-state index is -0.167. The van der Waals surface area contributed by atoms with E-state index in [1.165, 1.54) is 12.1 Å². The van der Waals surface area contributed by atoms with Gasteiger partial charge in [-0.25, -0.2) is 0 Å². The fraction of sp³-hybridized carbons (Fsp3) is 0.316. The first kappa shape index (κ1) is 21.5. The third kappa shape index (κ3) is 6.64. The van der Waals surface area contributed by atoms with Gasteiger partial charge in [-0.1, -0.05) is 57.0 Å². The fourth-order valence-electron chi connectivity index (χ4n) is 1.84. The summed E-state index contributed by atoms with van der Waals surface area (Å²) in [5, 5.41) is 10.7. The molecular formula is C19H24Cl2O2. The Hall–Kier alpha value is -1.51. The summed E-state index contributed by atoms with van der Waals surface area (Å²) in [5.41, 5.74) is 2.11. The van der Waals surface area contributed by atoms with Crippen LogP contribution in [0.2, 0.25) is 10.0 Å².